The Morgan fingerprint density at radius 1 is 1.50 bits per heavy atom. The largest absolute Gasteiger partial charge is 0.409 e. The summed E-state index contributed by atoms with van der Waals surface area (Å²) in [4.78, 5) is 0. The smallest absolute Gasteiger partial charge is 0.139 e. The van der Waals surface area contributed by atoms with Gasteiger partial charge in [-0.25, -0.2) is 4.39 Å². The van der Waals surface area contributed by atoms with Gasteiger partial charge in [-0.05, 0) is 44.0 Å². The molecule has 0 bridgehead atoms. The Labute approximate surface area is 107 Å². The highest BCUT2D eigenvalue weighted by Gasteiger charge is 2.04. The lowest BCUT2D eigenvalue weighted by Gasteiger charge is -2.14. The van der Waals surface area contributed by atoms with E-state index in [2.05, 4.69) is 10.5 Å². The monoisotopic (exact) mass is 253 g/mol. The van der Waals surface area contributed by atoms with E-state index in [4.69, 9.17) is 10.9 Å². The minimum absolute atomic E-state index is 0.115. The van der Waals surface area contributed by atoms with Crippen molar-refractivity contribution in [3.8, 4) is 0 Å². The summed E-state index contributed by atoms with van der Waals surface area (Å²) in [5, 5.41) is 14.6. The second kappa shape index (κ2) is 7.66. The molecule has 0 aliphatic carbocycles. The molecule has 0 unspecified atom stereocenters. The Morgan fingerprint density at radius 2 is 2.28 bits per heavy atom. The molecule has 0 radical (unpaired) electrons. The predicted octanol–water partition coefficient (Wildman–Crippen LogP) is 2.39. The fourth-order valence-electron chi connectivity index (χ4n) is 1.69. The Bertz CT molecular complexity index is 396. The van der Waals surface area contributed by atoms with Crippen molar-refractivity contribution in [2.24, 2.45) is 10.9 Å². The summed E-state index contributed by atoms with van der Waals surface area (Å²) in [5.41, 5.74) is 6.30. The number of nitrogens with zero attached hydrogens (tertiary/aromatic N) is 1. The van der Waals surface area contributed by atoms with Crippen molar-refractivity contribution in [2.75, 3.05) is 6.54 Å². The molecule has 0 fully saturated rings. The molecule has 1 rings (SSSR count). The SMILES string of the molecule is C[C@@H](NCCCC/C(N)=N/O)c1cccc(F)c1. The van der Waals surface area contributed by atoms with Crippen LogP contribution in [0.15, 0.2) is 29.4 Å². The first-order valence-corrected chi connectivity index (χ1v) is 6.08. The summed E-state index contributed by atoms with van der Waals surface area (Å²) in [5.74, 6) is 0.0428. The number of benzene rings is 1. The number of halogens is 1. The van der Waals surface area contributed by atoms with E-state index in [1.807, 2.05) is 13.0 Å². The van der Waals surface area contributed by atoms with E-state index in [0.717, 1.165) is 24.9 Å². The Hall–Kier alpha value is -1.62. The molecule has 4 N–H and O–H groups in total. The molecule has 0 aliphatic rings. The van der Waals surface area contributed by atoms with E-state index in [9.17, 15) is 4.39 Å². The summed E-state index contributed by atoms with van der Waals surface area (Å²) in [6, 6.07) is 6.70. The van der Waals surface area contributed by atoms with Crippen LogP contribution in [0, 0.1) is 5.82 Å². The van der Waals surface area contributed by atoms with Gasteiger partial charge in [0.25, 0.3) is 0 Å². The van der Waals surface area contributed by atoms with Gasteiger partial charge in [0.05, 0.1) is 0 Å². The second-order valence-electron chi connectivity index (χ2n) is 4.28. The third-order valence-electron chi connectivity index (χ3n) is 2.79. The van der Waals surface area contributed by atoms with Gasteiger partial charge < -0.3 is 16.3 Å². The van der Waals surface area contributed by atoms with Crippen LogP contribution < -0.4 is 11.1 Å². The highest BCUT2D eigenvalue weighted by molar-refractivity contribution is 5.79. The first-order chi connectivity index (χ1) is 8.63. The van der Waals surface area contributed by atoms with Crippen LogP contribution in [0.4, 0.5) is 4.39 Å². The quantitative estimate of drug-likeness (QED) is 0.230. The van der Waals surface area contributed by atoms with Crippen LogP contribution in [-0.4, -0.2) is 17.6 Å². The minimum atomic E-state index is -0.215. The average Bonchev–Trinajstić information content (AvgIpc) is 2.37. The van der Waals surface area contributed by atoms with E-state index in [1.165, 1.54) is 12.1 Å². The van der Waals surface area contributed by atoms with Gasteiger partial charge in [0.2, 0.25) is 0 Å². The van der Waals surface area contributed by atoms with Gasteiger partial charge in [0.15, 0.2) is 0 Å². The molecule has 0 aromatic heterocycles. The van der Waals surface area contributed by atoms with E-state index in [-0.39, 0.29) is 17.7 Å². The summed E-state index contributed by atoms with van der Waals surface area (Å²) >= 11 is 0. The van der Waals surface area contributed by atoms with Gasteiger partial charge >= 0.3 is 0 Å². The van der Waals surface area contributed by atoms with Gasteiger partial charge in [-0.2, -0.15) is 0 Å². The van der Waals surface area contributed by atoms with E-state index in [0.29, 0.717) is 6.42 Å². The number of nitrogens with two attached hydrogens (primary N) is 1. The van der Waals surface area contributed by atoms with E-state index >= 15 is 0 Å². The van der Waals surface area contributed by atoms with Crippen molar-refractivity contribution in [1.82, 2.24) is 5.32 Å². The summed E-state index contributed by atoms with van der Waals surface area (Å²) in [6.07, 6.45) is 2.38. The fourth-order valence-corrected chi connectivity index (χ4v) is 1.69. The maximum Gasteiger partial charge on any atom is 0.139 e. The normalized spacial score (nSPS) is 13.6. The topological polar surface area (TPSA) is 70.6 Å². The number of hydrogen-bond acceptors (Lipinski definition) is 3. The molecule has 0 saturated carbocycles. The number of nitrogens with one attached hydrogen (secondary N) is 1. The number of oxime groups is 1. The average molecular weight is 253 g/mol. The third-order valence-corrected chi connectivity index (χ3v) is 2.79. The molecule has 0 aliphatic heterocycles. The van der Waals surface area contributed by atoms with Crippen LogP contribution in [0.5, 0.6) is 0 Å². The van der Waals surface area contributed by atoms with Crippen molar-refractivity contribution in [2.45, 2.75) is 32.2 Å². The maximum atomic E-state index is 13.0. The zero-order chi connectivity index (χ0) is 13.4. The Balaban J connectivity index is 2.23. The fraction of sp³-hybridized carbons (Fsp3) is 0.462. The minimum Gasteiger partial charge on any atom is -0.409 e. The summed E-state index contributed by atoms with van der Waals surface area (Å²) in [6.45, 7) is 2.81. The number of amidine groups is 1. The molecule has 0 amide bonds. The molecule has 0 saturated heterocycles. The molecule has 4 nitrogen and oxygen atoms in total. The van der Waals surface area contributed by atoms with Crippen LogP contribution in [0.2, 0.25) is 0 Å². The molecule has 1 aromatic carbocycles. The lowest BCUT2D eigenvalue weighted by molar-refractivity contribution is 0.316. The molecule has 100 valence electrons. The maximum absolute atomic E-state index is 13.0. The molecule has 1 atom stereocenters. The highest BCUT2D eigenvalue weighted by atomic mass is 19.1. The molecule has 0 spiro atoms. The number of rotatable bonds is 7. The molecule has 18 heavy (non-hydrogen) atoms. The van der Waals surface area contributed by atoms with Gasteiger partial charge in [-0.1, -0.05) is 17.3 Å². The summed E-state index contributed by atoms with van der Waals surface area (Å²) in [7, 11) is 0. The van der Waals surface area contributed by atoms with Crippen LogP contribution in [0.25, 0.3) is 0 Å². The van der Waals surface area contributed by atoms with Crippen LogP contribution in [0.3, 0.4) is 0 Å². The van der Waals surface area contributed by atoms with Crippen molar-refractivity contribution in [3.63, 3.8) is 0 Å². The molecular formula is C13H20FN3O. The summed E-state index contributed by atoms with van der Waals surface area (Å²) < 4.78 is 13.0. The first-order valence-electron chi connectivity index (χ1n) is 6.08. The van der Waals surface area contributed by atoms with Crippen LogP contribution >= 0.6 is 0 Å². The van der Waals surface area contributed by atoms with Crippen molar-refractivity contribution in [1.29, 1.82) is 0 Å². The molecular weight excluding hydrogens is 233 g/mol. The lowest BCUT2D eigenvalue weighted by atomic mass is 10.1. The van der Waals surface area contributed by atoms with Gasteiger partial charge in [0.1, 0.15) is 11.7 Å². The Kier molecular flexibility index (Phi) is 6.14. The van der Waals surface area contributed by atoms with Gasteiger partial charge in [-0.15, -0.1) is 0 Å². The third kappa shape index (κ3) is 5.14. The van der Waals surface area contributed by atoms with Crippen LogP contribution in [0.1, 0.15) is 37.8 Å². The standard InChI is InChI=1S/C13H20FN3O/c1-10(11-5-4-6-12(14)9-11)16-8-3-2-7-13(15)17-18/h4-6,9-10,16,18H,2-3,7-8H2,1H3,(H2,15,17)/t10-/m1/s1. The first kappa shape index (κ1) is 14.4. The zero-order valence-electron chi connectivity index (χ0n) is 10.6. The molecule has 0 heterocycles. The predicted molar refractivity (Wildman–Crippen MR) is 70.1 cm³/mol. The van der Waals surface area contributed by atoms with E-state index in [1.54, 1.807) is 6.07 Å². The zero-order valence-corrected chi connectivity index (χ0v) is 10.6. The number of unbranched alkanes of at least 4 members (excludes halogenated alkanes) is 1. The number of hydrogen-bond donors (Lipinski definition) is 3. The van der Waals surface area contributed by atoms with Crippen molar-refractivity contribution < 1.29 is 9.60 Å². The van der Waals surface area contributed by atoms with Crippen molar-refractivity contribution in [3.05, 3.63) is 35.6 Å². The lowest BCUT2D eigenvalue weighted by Crippen LogP contribution is -2.20. The van der Waals surface area contributed by atoms with Crippen LogP contribution in [-0.2, 0) is 0 Å². The van der Waals surface area contributed by atoms with Crippen molar-refractivity contribution >= 4 is 5.84 Å². The highest BCUT2D eigenvalue weighted by Crippen LogP contribution is 2.13. The Morgan fingerprint density at radius 3 is 2.94 bits per heavy atom. The molecule has 1 aromatic rings. The van der Waals surface area contributed by atoms with E-state index < -0.39 is 0 Å². The molecule has 5 heteroatoms. The van der Waals surface area contributed by atoms with Gasteiger partial charge in [0, 0.05) is 12.5 Å². The van der Waals surface area contributed by atoms with Gasteiger partial charge in [-0.3, -0.25) is 0 Å². The second-order valence-corrected chi connectivity index (χ2v) is 4.28.